The highest BCUT2D eigenvalue weighted by atomic mass is 16.4. The number of rotatable bonds is 5. The zero-order valence-electron chi connectivity index (χ0n) is 8.59. The second-order valence-electron chi connectivity index (χ2n) is 3.31. The summed E-state index contributed by atoms with van der Waals surface area (Å²) >= 11 is 0. The van der Waals surface area contributed by atoms with Crippen LogP contribution in [0.15, 0.2) is 24.5 Å². The zero-order valence-corrected chi connectivity index (χ0v) is 8.59. The van der Waals surface area contributed by atoms with Gasteiger partial charge in [-0.3, -0.25) is 14.6 Å². The Morgan fingerprint density at radius 3 is 2.88 bits per heavy atom. The van der Waals surface area contributed by atoms with Crippen LogP contribution in [0.3, 0.4) is 0 Å². The number of nitrogens with two attached hydrogens (primary N) is 1. The Balaban J connectivity index is 2.39. The minimum Gasteiger partial charge on any atom is -0.481 e. The first-order chi connectivity index (χ1) is 7.58. The summed E-state index contributed by atoms with van der Waals surface area (Å²) in [5.74, 6) is -1.36. The summed E-state index contributed by atoms with van der Waals surface area (Å²) in [6.07, 6.45) is 2.17. The molecule has 16 heavy (non-hydrogen) atoms. The van der Waals surface area contributed by atoms with Crippen LogP contribution in [0.2, 0.25) is 0 Å². The van der Waals surface area contributed by atoms with Gasteiger partial charge in [0.1, 0.15) is 0 Å². The van der Waals surface area contributed by atoms with Crippen molar-refractivity contribution < 1.29 is 14.7 Å². The average Bonchev–Trinajstić information content (AvgIpc) is 2.17. The smallest absolute Gasteiger partial charge is 0.306 e. The molecule has 1 heterocycles. The first kappa shape index (κ1) is 12.1. The number of carboxylic acids is 1. The molecule has 0 saturated heterocycles. The summed E-state index contributed by atoms with van der Waals surface area (Å²) in [4.78, 5) is 25.6. The third-order valence-corrected chi connectivity index (χ3v) is 1.83. The van der Waals surface area contributed by atoms with Gasteiger partial charge >= 0.3 is 5.97 Å². The molecule has 1 rings (SSSR count). The Morgan fingerprint density at radius 1 is 1.56 bits per heavy atom. The van der Waals surface area contributed by atoms with Gasteiger partial charge in [-0.1, -0.05) is 6.07 Å². The number of nitrogens with one attached hydrogen (secondary N) is 1. The molecule has 1 amide bonds. The van der Waals surface area contributed by atoms with Gasteiger partial charge in [0.15, 0.2) is 0 Å². The van der Waals surface area contributed by atoms with E-state index in [0.29, 0.717) is 0 Å². The van der Waals surface area contributed by atoms with Crippen molar-refractivity contribution in [2.24, 2.45) is 5.73 Å². The van der Waals surface area contributed by atoms with Gasteiger partial charge in [0, 0.05) is 12.4 Å². The summed E-state index contributed by atoms with van der Waals surface area (Å²) in [5.41, 5.74) is 6.15. The van der Waals surface area contributed by atoms with Crippen LogP contribution in [0.4, 0.5) is 0 Å². The molecule has 86 valence electrons. The molecule has 0 aliphatic carbocycles. The molecule has 0 bridgehead atoms. The topological polar surface area (TPSA) is 105 Å². The standard InChI is InChI=1S/C10H13N3O3/c11-8(5-10(15)16)13-9(14)4-7-2-1-3-12-6-7/h1-3,6,8H,4-5,11H2,(H,13,14)(H,15,16). The number of nitrogens with zero attached hydrogens (tertiary/aromatic N) is 1. The molecule has 6 heteroatoms. The Bertz CT molecular complexity index is 367. The summed E-state index contributed by atoms with van der Waals surface area (Å²) < 4.78 is 0. The fraction of sp³-hybridized carbons (Fsp3) is 0.300. The molecular formula is C10H13N3O3. The van der Waals surface area contributed by atoms with E-state index < -0.39 is 12.1 Å². The number of hydrogen-bond acceptors (Lipinski definition) is 4. The third-order valence-electron chi connectivity index (χ3n) is 1.83. The van der Waals surface area contributed by atoms with Gasteiger partial charge in [0.25, 0.3) is 0 Å². The van der Waals surface area contributed by atoms with Crippen molar-refractivity contribution in [3.05, 3.63) is 30.1 Å². The molecule has 4 N–H and O–H groups in total. The number of pyridine rings is 1. The minimum atomic E-state index is -1.05. The van der Waals surface area contributed by atoms with E-state index in [0.717, 1.165) is 5.56 Å². The third kappa shape index (κ3) is 4.52. The van der Waals surface area contributed by atoms with Gasteiger partial charge in [0.2, 0.25) is 5.91 Å². The molecule has 1 unspecified atom stereocenters. The second-order valence-corrected chi connectivity index (χ2v) is 3.31. The van der Waals surface area contributed by atoms with E-state index in [9.17, 15) is 9.59 Å². The normalized spacial score (nSPS) is 11.8. The molecule has 0 aliphatic heterocycles. The lowest BCUT2D eigenvalue weighted by molar-refractivity contribution is -0.137. The van der Waals surface area contributed by atoms with Gasteiger partial charge in [-0.25, -0.2) is 0 Å². The van der Waals surface area contributed by atoms with Crippen LogP contribution in [-0.4, -0.2) is 28.1 Å². The maximum absolute atomic E-state index is 11.4. The summed E-state index contributed by atoms with van der Waals surface area (Å²) in [6.45, 7) is 0. The summed E-state index contributed by atoms with van der Waals surface area (Å²) in [6, 6.07) is 3.48. The van der Waals surface area contributed by atoms with Gasteiger partial charge < -0.3 is 16.2 Å². The van der Waals surface area contributed by atoms with Crippen molar-refractivity contribution in [2.45, 2.75) is 19.0 Å². The molecule has 6 nitrogen and oxygen atoms in total. The van der Waals surface area contributed by atoms with E-state index in [1.807, 2.05) is 0 Å². The predicted octanol–water partition coefficient (Wildman–Crippen LogP) is -0.500. The molecule has 0 spiro atoms. The van der Waals surface area contributed by atoms with Crippen LogP contribution in [0.5, 0.6) is 0 Å². The molecular weight excluding hydrogens is 210 g/mol. The van der Waals surface area contributed by atoms with Gasteiger partial charge in [-0.05, 0) is 11.6 Å². The number of hydrogen-bond donors (Lipinski definition) is 3. The maximum atomic E-state index is 11.4. The summed E-state index contributed by atoms with van der Waals surface area (Å²) in [5, 5.41) is 10.8. The van der Waals surface area contributed by atoms with Crippen molar-refractivity contribution >= 4 is 11.9 Å². The number of carbonyl (C=O) groups is 2. The Labute approximate surface area is 92.5 Å². The van der Waals surface area contributed by atoms with Gasteiger partial charge in [0.05, 0.1) is 19.0 Å². The molecule has 0 radical (unpaired) electrons. The van der Waals surface area contributed by atoms with E-state index in [1.165, 1.54) is 0 Å². The lowest BCUT2D eigenvalue weighted by Gasteiger charge is -2.11. The zero-order chi connectivity index (χ0) is 12.0. The lowest BCUT2D eigenvalue weighted by atomic mass is 10.2. The molecule has 0 aromatic carbocycles. The largest absolute Gasteiger partial charge is 0.481 e. The number of carboxylic acid groups (broad SMARTS) is 1. The fourth-order valence-corrected chi connectivity index (χ4v) is 1.19. The highest BCUT2D eigenvalue weighted by Crippen LogP contribution is 1.97. The molecule has 1 aromatic rings. The van der Waals surface area contributed by atoms with E-state index >= 15 is 0 Å². The van der Waals surface area contributed by atoms with Crippen molar-refractivity contribution in [1.29, 1.82) is 0 Å². The van der Waals surface area contributed by atoms with Gasteiger partial charge in [-0.15, -0.1) is 0 Å². The second kappa shape index (κ2) is 5.82. The van der Waals surface area contributed by atoms with E-state index in [1.54, 1.807) is 24.5 Å². The van der Waals surface area contributed by atoms with Crippen molar-refractivity contribution in [2.75, 3.05) is 0 Å². The van der Waals surface area contributed by atoms with Crippen LogP contribution in [0.25, 0.3) is 0 Å². The number of aromatic nitrogens is 1. The molecule has 1 atom stereocenters. The quantitative estimate of drug-likeness (QED) is 0.583. The van der Waals surface area contributed by atoms with E-state index in [-0.39, 0.29) is 18.7 Å². The van der Waals surface area contributed by atoms with Crippen LogP contribution in [0, 0.1) is 0 Å². The highest BCUT2D eigenvalue weighted by Gasteiger charge is 2.11. The maximum Gasteiger partial charge on any atom is 0.306 e. The van der Waals surface area contributed by atoms with Crippen LogP contribution >= 0.6 is 0 Å². The molecule has 0 fully saturated rings. The number of aliphatic carboxylic acids is 1. The number of amides is 1. The molecule has 0 saturated carbocycles. The fourth-order valence-electron chi connectivity index (χ4n) is 1.19. The SMILES string of the molecule is NC(CC(=O)O)NC(=O)Cc1cccnc1. The lowest BCUT2D eigenvalue weighted by Crippen LogP contribution is -2.43. The van der Waals surface area contributed by atoms with Crippen LogP contribution in [0.1, 0.15) is 12.0 Å². The van der Waals surface area contributed by atoms with Gasteiger partial charge in [-0.2, -0.15) is 0 Å². The Morgan fingerprint density at radius 2 is 2.31 bits per heavy atom. The molecule has 1 aromatic heterocycles. The molecule has 0 aliphatic rings. The number of carbonyl (C=O) groups excluding carboxylic acids is 1. The Hall–Kier alpha value is -1.95. The Kier molecular flexibility index (Phi) is 4.41. The summed E-state index contributed by atoms with van der Waals surface area (Å²) in [7, 11) is 0. The monoisotopic (exact) mass is 223 g/mol. The highest BCUT2D eigenvalue weighted by molar-refractivity contribution is 5.79. The first-order valence-electron chi connectivity index (χ1n) is 4.73. The minimum absolute atomic E-state index is 0.140. The van der Waals surface area contributed by atoms with Crippen LogP contribution in [-0.2, 0) is 16.0 Å². The van der Waals surface area contributed by atoms with Crippen molar-refractivity contribution in [1.82, 2.24) is 10.3 Å². The van der Waals surface area contributed by atoms with Crippen LogP contribution < -0.4 is 11.1 Å². The predicted molar refractivity (Wildman–Crippen MR) is 56.3 cm³/mol. The first-order valence-corrected chi connectivity index (χ1v) is 4.73. The van der Waals surface area contributed by atoms with E-state index in [2.05, 4.69) is 10.3 Å². The average molecular weight is 223 g/mol. The van der Waals surface area contributed by atoms with Crippen molar-refractivity contribution in [3.8, 4) is 0 Å². The van der Waals surface area contributed by atoms with Crippen molar-refractivity contribution in [3.63, 3.8) is 0 Å². The van der Waals surface area contributed by atoms with E-state index in [4.69, 9.17) is 10.8 Å².